The summed E-state index contributed by atoms with van der Waals surface area (Å²) in [5.74, 6) is -3.77. The Morgan fingerprint density at radius 2 is 1.97 bits per heavy atom. The van der Waals surface area contributed by atoms with E-state index in [1.165, 1.54) is 13.2 Å². The fraction of sp³-hybridized carbons (Fsp3) is 0.600. The first-order valence-electron chi connectivity index (χ1n) is 12.1. The Morgan fingerprint density at radius 3 is 2.57 bits per heavy atom. The van der Waals surface area contributed by atoms with E-state index in [2.05, 4.69) is 5.10 Å². The van der Waals surface area contributed by atoms with Gasteiger partial charge in [-0.3, -0.25) is 9.48 Å². The highest BCUT2D eigenvalue weighted by Gasteiger charge is 2.56. The van der Waals surface area contributed by atoms with Gasteiger partial charge in [0.15, 0.2) is 6.10 Å². The number of benzene rings is 1. The summed E-state index contributed by atoms with van der Waals surface area (Å²) in [6.45, 7) is 6.76. The van der Waals surface area contributed by atoms with Gasteiger partial charge in [0.05, 0.1) is 7.11 Å². The topological polar surface area (TPSA) is 153 Å². The maximum atomic E-state index is 14.7. The SMILES string of the molecule is CCCC(=O)OC[C@H]1O[C@@](O)(Oc2nn(C(C)C)c(C)c2Cc2ccc(OC)cc2F)[C@H](O)[C@@H](O)[C@@H]1O. The molecule has 0 radical (unpaired) electrons. The minimum atomic E-state index is -2.86. The van der Waals surface area contributed by atoms with Crippen molar-refractivity contribution < 1.29 is 48.6 Å². The first-order valence-corrected chi connectivity index (χ1v) is 12.1. The van der Waals surface area contributed by atoms with Crippen molar-refractivity contribution in [3.8, 4) is 11.6 Å². The highest BCUT2D eigenvalue weighted by atomic mass is 19.1. The number of carbonyl (C=O) groups is 1. The highest BCUT2D eigenvalue weighted by Crippen LogP contribution is 2.35. The molecule has 2 heterocycles. The summed E-state index contributed by atoms with van der Waals surface area (Å²) < 4.78 is 37.5. The Kier molecular flexibility index (Phi) is 9.13. The minimum Gasteiger partial charge on any atom is -0.497 e. The Balaban J connectivity index is 1.93. The number of esters is 1. The van der Waals surface area contributed by atoms with E-state index in [9.17, 15) is 29.6 Å². The van der Waals surface area contributed by atoms with E-state index in [4.69, 9.17) is 18.9 Å². The van der Waals surface area contributed by atoms with Crippen molar-refractivity contribution in [2.45, 2.75) is 83.4 Å². The Hall–Kier alpha value is -2.77. The smallest absolute Gasteiger partial charge is 0.356 e. The van der Waals surface area contributed by atoms with Crippen LogP contribution in [0.3, 0.4) is 0 Å². The van der Waals surface area contributed by atoms with Crippen LogP contribution in [0.5, 0.6) is 11.6 Å². The summed E-state index contributed by atoms with van der Waals surface area (Å²) in [4.78, 5) is 11.8. The number of aliphatic hydroxyl groups is 4. The van der Waals surface area contributed by atoms with Crippen molar-refractivity contribution in [1.82, 2.24) is 9.78 Å². The van der Waals surface area contributed by atoms with E-state index in [1.54, 1.807) is 30.7 Å². The van der Waals surface area contributed by atoms with Gasteiger partial charge in [-0.1, -0.05) is 13.0 Å². The van der Waals surface area contributed by atoms with Gasteiger partial charge in [0.1, 0.15) is 36.5 Å². The van der Waals surface area contributed by atoms with Gasteiger partial charge in [-0.25, -0.2) is 4.39 Å². The number of carbonyl (C=O) groups excluding carboxylic acids is 1. The van der Waals surface area contributed by atoms with Gasteiger partial charge < -0.3 is 39.4 Å². The molecule has 5 atom stereocenters. The fourth-order valence-corrected chi connectivity index (χ4v) is 4.09. The lowest BCUT2D eigenvalue weighted by Gasteiger charge is -2.44. The van der Waals surface area contributed by atoms with Crippen LogP contribution in [0.15, 0.2) is 18.2 Å². The molecular weight excluding hydrogens is 491 g/mol. The Bertz CT molecular complexity index is 1090. The lowest BCUT2D eigenvalue weighted by Crippen LogP contribution is -2.67. The molecule has 0 spiro atoms. The van der Waals surface area contributed by atoms with E-state index in [0.717, 1.165) is 0 Å². The van der Waals surface area contributed by atoms with E-state index >= 15 is 0 Å². The molecule has 1 saturated heterocycles. The number of aromatic nitrogens is 2. The number of rotatable bonds is 10. The zero-order valence-electron chi connectivity index (χ0n) is 21.5. The monoisotopic (exact) mass is 526 g/mol. The number of methoxy groups -OCH3 is 1. The van der Waals surface area contributed by atoms with Gasteiger partial charge in [0.25, 0.3) is 0 Å². The molecule has 0 unspecified atom stereocenters. The predicted octanol–water partition coefficient (Wildman–Crippen LogP) is 1.36. The van der Waals surface area contributed by atoms with Crippen LogP contribution in [0.25, 0.3) is 0 Å². The van der Waals surface area contributed by atoms with Crippen molar-refractivity contribution in [2.24, 2.45) is 0 Å². The third-order valence-corrected chi connectivity index (χ3v) is 6.21. The molecule has 0 saturated carbocycles. The minimum absolute atomic E-state index is 0.0130. The van der Waals surface area contributed by atoms with Gasteiger partial charge in [0.2, 0.25) is 5.88 Å². The van der Waals surface area contributed by atoms with Gasteiger partial charge in [0, 0.05) is 36.2 Å². The molecule has 206 valence electrons. The van der Waals surface area contributed by atoms with Gasteiger partial charge >= 0.3 is 11.9 Å². The highest BCUT2D eigenvalue weighted by molar-refractivity contribution is 5.69. The third kappa shape index (κ3) is 6.21. The molecule has 2 aromatic rings. The number of ether oxygens (including phenoxy) is 4. The van der Waals surface area contributed by atoms with Crippen LogP contribution in [-0.2, 0) is 20.7 Å². The predicted molar refractivity (Wildman–Crippen MR) is 127 cm³/mol. The van der Waals surface area contributed by atoms with Crippen LogP contribution in [0.2, 0.25) is 0 Å². The number of aliphatic hydroxyl groups excluding tert-OH is 3. The second-order valence-electron chi connectivity index (χ2n) is 9.29. The van der Waals surface area contributed by atoms with Crippen LogP contribution in [0.1, 0.15) is 56.5 Å². The molecule has 1 aliphatic heterocycles. The quantitative estimate of drug-likeness (QED) is 0.264. The summed E-state index contributed by atoms with van der Waals surface area (Å²) in [5.41, 5.74) is 1.30. The van der Waals surface area contributed by atoms with Crippen molar-refractivity contribution in [3.05, 3.63) is 40.8 Å². The Labute approximate surface area is 214 Å². The van der Waals surface area contributed by atoms with E-state index in [0.29, 0.717) is 29.0 Å². The van der Waals surface area contributed by atoms with E-state index < -0.39 is 48.8 Å². The summed E-state index contributed by atoms with van der Waals surface area (Å²) in [5, 5.41) is 46.8. The Morgan fingerprint density at radius 1 is 1.27 bits per heavy atom. The second kappa shape index (κ2) is 11.7. The molecule has 12 heteroatoms. The lowest BCUT2D eigenvalue weighted by atomic mass is 9.97. The average Bonchev–Trinajstić information content (AvgIpc) is 3.15. The van der Waals surface area contributed by atoms with Crippen LogP contribution in [-0.4, -0.2) is 80.3 Å². The summed E-state index contributed by atoms with van der Waals surface area (Å²) in [6.07, 6.45) is -6.43. The molecule has 1 aromatic carbocycles. The van der Waals surface area contributed by atoms with Crippen LogP contribution < -0.4 is 9.47 Å². The molecule has 0 aliphatic carbocycles. The maximum absolute atomic E-state index is 14.7. The van der Waals surface area contributed by atoms with Gasteiger partial charge in [-0.15, -0.1) is 5.10 Å². The summed E-state index contributed by atoms with van der Waals surface area (Å²) >= 11 is 0. The van der Waals surface area contributed by atoms with Crippen molar-refractivity contribution in [1.29, 1.82) is 0 Å². The molecule has 1 aromatic heterocycles. The molecule has 11 nitrogen and oxygen atoms in total. The van der Waals surface area contributed by atoms with E-state index in [-0.39, 0.29) is 24.8 Å². The van der Waals surface area contributed by atoms with Gasteiger partial charge in [-0.2, -0.15) is 0 Å². The van der Waals surface area contributed by atoms with Gasteiger partial charge in [-0.05, 0) is 38.8 Å². The zero-order valence-corrected chi connectivity index (χ0v) is 21.5. The fourth-order valence-electron chi connectivity index (χ4n) is 4.09. The van der Waals surface area contributed by atoms with Crippen molar-refractivity contribution >= 4 is 5.97 Å². The normalized spacial score (nSPS) is 25.8. The standard InChI is InChI=1S/C25H35FN2O9/c1-6-7-20(29)35-12-19-21(30)22(31)23(32)25(33,36-19)37-24-17(14(4)28(27-24)13(2)3)10-15-8-9-16(34-5)11-18(15)26/h8-9,11,13,19,21-23,30-33H,6-7,10,12H2,1-5H3/t19-,21-,22+,23-,25-/m1/s1. The summed E-state index contributed by atoms with van der Waals surface area (Å²) in [6, 6.07) is 4.25. The first kappa shape index (κ1) is 28.8. The van der Waals surface area contributed by atoms with Crippen molar-refractivity contribution in [2.75, 3.05) is 13.7 Å². The summed E-state index contributed by atoms with van der Waals surface area (Å²) in [7, 11) is 1.43. The molecule has 1 fully saturated rings. The van der Waals surface area contributed by atoms with E-state index in [1.807, 2.05) is 13.8 Å². The number of halogens is 1. The van der Waals surface area contributed by atoms with Crippen LogP contribution in [0, 0.1) is 12.7 Å². The van der Waals surface area contributed by atoms with Crippen molar-refractivity contribution in [3.63, 3.8) is 0 Å². The zero-order chi connectivity index (χ0) is 27.5. The molecule has 0 bridgehead atoms. The number of nitrogens with zero attached hydrogens (tertiary/aromatic N) is 2. The molecule has 1 aliphatic rings. The van der Waals surface area contributed by atoms with Crippen LogP contribution >= 0.6 is 0 Å². The second-order valence-corrected chi connectivity index (χ2v) is 9.29. The largest absolute Gasteiger partial charge is 0.497 e. The number of hydrogen-bond donors (Lipinski definition) is 4. The molecule has 3 rings (SSSR count). The third-order valence-electron chi connectivity index (χ3n) is 6.21. The lowest BCUT2D eigenvalue weighted by molar-refractivity contribution is -0.423. The van der Waals surface area contributed by atoms with Crippen LogP contribution in [0.4, 0.5) is 4.39 Å². The maximum Gasteiger partial charge on any atom is 0.356 e. The number of hydrogen-bond acceptors (Lipinski definition) is 10. The molecule has 37 heavy (non-hydrogen) atoms. The molecule has 0 amide bonds. The average molecular weight is 527 g/mol. The molecule has 4 N–H and O–H groups in total. The molecular formula is C25H35FN2O9. The first-order chi connectivity index (χ1) is 17.4.